The van der Waals surface area contributed by atoms with Gasteiger partial charge in [0, 0.05) is 26.4 Å². The van der Waals surface area contributed by atoms with Gasteiger partial charge in [-0.2, -0.15) is 0 Å². The average molecular weight is 279 g/mol. The molecule has 0 aliphatic rings. The van der Waals surface area contributed by atoms with E-state index >= 15 is 0 Å². The van der Waals surface area contributed by atoms with Crippen molar-refractivity contribution in [3.63, 3.8) is 0 Å². The van der Waals surface area contributed by atoms with Crippen LogP contribution in [0, 0.1) is 0 Å². The van der Waals surface area contributed by atoms with E-state index in [0.717, 1.165) is 0 Å². The zero-order valence-corrected chi connectivity index (χ0v) is 13.1. The first kappa shape index (κ1) is 18.0. The SMILES string of the molecule is CCO[Si](OCC)(OCC)C(CC)C(N)(N)CN. The van der Waals surface area contributed by atoms with E-state index in [1.165, 1.54) is 0 Å². The Balaban J connectivity index is 5.32. The van der Waals surface area contributed by atoms with Crippen molar-refractivity contribution in [1.82, 2.24) is 0 Å². The van der Waals surface area contributed by atoms with Crippen molar-refractivity contribution in [2.24, 2.45) is 17.2 Å². The van der Waals surface area contributed by atoms with E-state index in [1.807, 2.05) is 27.7 Å². The lowest BCUT2D eigenvalue weighted by Crippen LogP contribution is -2.68. The average Bonchev–Trinajstić information content (AvgIpc) is 2.30. The van der Waals surface area contributed by atoms with Crippen molar-refractivity contribution in [2.75, 3.05) is 26.4 Å². The molecule has 0 amide bonds. The van der Waals surface area contributed by atoms with Gasteiger partial charge in [-0.3, -0.25) is 0 Å². The number of rotatable bonds is 10. The molecule has 0 radical (unpaired) electrons. The standard InChI is InChI=1S/C11H29N3O3Si/c1-5-10(11(13,14)9-12)18(15-6-2,16-7-3)17-8-4/h10H,5-9,12-14H2,1-4H3. The summed E-state index contributed by atoms with van der Waals surface area (Å²) in [5.74, 6) is 0. The minimum absolute atomic E-state index is 0.160. The number of hydrogen-bond acceptors (Lipinski definition) is 6. The molecule has 0 saturated heterocycles. The highest BCUT2D eigenvalue weighted by atomic mass is 28.4. The van der Waals surface area contributed by atoms with Crippen molar-refractivity contribution in [2.45, 2.75) is 45.3 Å². The monoisotopic (exact) mass is 279 g/mol. The largest absolute Gasteiger partial charge is 0.507 e. The summed E-state index contributed by atoms with van der Waals surface area (Å²) in [5.41, 5.74) is 16.6. The second-order valence-electron chi connectivity index (χ2n) is 4.18. The molecule has 110 valence electrons. The second-order valence-corrected chi connectivity index (χ2v) is 6.95. The molecule has 18 heavy (non-hydrogen) atoms. The summed E-state index contributed by atoms with van der Waals surface area (Å²) in [4.78, 5) is 0. The molecule has 0 aromatic heterocycles. The fraction of sp³-hybridized carbons (Fsp3) is 1.00. The third-order valence-corrected chi connectivity index (χ3v) is 6.75. The Morgan fingerprint density at radius 2 is 1.33 bits per heavy atom. The molecule has 0 spiro atoms. The highest BCUT2D eigenvalue weighted by Gasteiger charge is 2.55. The van der Waals surface area contributed by atoms with Crippen LogP contribution in [0.4, 0.5) is 0 Å². The zero-order chi connectivity index (χ0) is 14.2. The smallest absolute Gasteiger partial charge is 0.374 e. The van der Waals surface area contributed by atoms with Crippen molar-refractivity contribution < 1.29 is 13.3 Å². The summed E-state index contributed by atoms with van der Waals surface area (Å²) in [6.45, 7) is 9.38. The van der Waals surface area contributed by atoms with Crippen molar-refractivity contribution in [3.8, 4) is 0 Å². The number of nitrogens with two attached hydrogens (primary N) is 3. The fourth-order valence-electron chi connectivity index (χ4n) is 2.13. The molecule has 1 unspecified atom stereocenters. The van der Waals surface area contributed by atoms with E-state index < -0.39 is 14.5 Å². The molecule has 0 rings (SSSR count). The molecule has 0 aromatic rings. The molecule has 6 nitrogen and oxygen atoms in total. The predicted octanol–water partition coefficient (Wildman–Crippen LogP) is 0.387. The van der Waals surface area contributed by atoms with Crippen LogP contribution in [0.2, 0.25) is 5.54 Å². The van der Waals surface area contributed by atoms with Crippen LogP contribution >= 0.6 is 0 Å². The molecule has 0 saturated carbocycles. The number of hydrogen-bond donors (Lipinski definition) is 3. The Morgan fingerprint density at radius 3 is 1.56 bits per heavy atom. The van der Waals surface area contributed by atoms with E-state index in [4.69, 9.17) is 30.5 Å². The van der Waals surface area contributed by atoms with Crippen LogP contribution in [0.25, 0.3) is 0 Å². The second kappa shape index (κ2) is 8.21. The van der Waals surface area contributed by atoms with Crippen LogP contribution in [0.15, 0.2) is 0 Å². The van der Waals surface area contributed by atoms with Crippen LogP contribution in [-0.2, 0) is 13.3 Å². The molecule has 0 bridgehead atoms. The van der Waals surface area contributed by atoms with E-state index in [2.05, 4.69) is 0 Å². The van der Waals surface area contributed by atoms with Gasteiger partial charge in [0.1, 0.15) is 0 Å². The first-order valence-corrected chi connectivity index (χ1v) is 8.43. The molecule has 0 aliphatic heterocycles. The lowest BCUT2D eigenvalue weighted by atomic mass is 10.1. The minimum Gasteiger partial charge on any atom is -0.374 e. The maximum Gasteiger partial charge on any atom is 0.507 e. The predicted molar refractivity (Wildman–Crippen MR) is 74.8 cm³/mol. The van der Waals surface area contributed by atoms with Gasteiger partial charge < -0.3 is 30.5 Å². The van der Waals surface area contributed by atoms with Gasteiger partial charge in [-0.25, -0.2) is 0 Å². The molecule has 0 aromatic carbocycles. The van der Waals surface area contributed by atoms with E-state index in [1.54, 1.807) is 0 Å². The molecular formula is C11H29N3O3Si. The lowest BCUT2D eigenvalue weighted by molar-refractivity contribution is 0.0505. The Kier molecular flexibility index (Phi) is 8.20. The Hall–Kier alpha value is -0.0231. The molecule has 0 heterocycles. The molecule has 0 fully saturated rings. The van der Waals surface area contributed by atoms with Crippen LogP contribution in [0.5, 0.6) is 0 Å². The fourth-order valence-corrected chi connectivity index (χ4v) is 5.47. The van der Waals surface area contributed by atoms with Gasteiger partial charge in [-0.05, 0) is 27.2 Å². The summed E-state index contributed by atoms with van der Waals surface area (Å²) in [7, 11) is -2.91. The summed E-state index contributed by atoms with van der Waals surface area (Å²) in [6, 6.07) is 0. The van der Waals surface area contributed by atoms with Gasteiger partial charge in [0.05, 0.1) is 11.2 Å². The third kappa shape index (κ3) is 4.27. The van der Waals surface area contributed by atoms with Crippen LogP contribution in [0.1, 0.15) is 34.1 Å². The maximum atomic E-state index is 6.10. The van der Waals surface area contributed by atoms with Crippen LogP contribution in [-0.4, -0.2) is 40.8 Å². The quantitative estimate of drug-likeness (QED) is 0.394. The molecule has 7 heteroatoms. The lowest BCUT2D eigenvalue weighted by Gasteiger charge is -2.42. The molecule has 1 atom stereocenters. The van der Waals surface area contributed by atoms with Gasteiger partial charge in [-0.1, -0.05) is 6.92 Å². The molecule has 6 N–H and O–H groups in total. The zero-order valence-electron chi connectivity index (χ0n) is 12.1. The molecular weight excluding hydrogens is 250 g/mol. The Labute approximate surface area is 111 Å². The highest BCUT2D eigenvalue weighted by Crippen LogP contribution is 2.34. The normalized spacial score (nSPS) is 14.8. The summed E-state index contributed by atoms with van der Waals surface area (Å²) >= 11 is 0. The Bertz CT molecular complexity index is 213. The van der Waals surface area contributed by atoms with Gasteiger partial charge in [0.2, 0.25) is 0 Å². The van der Waals surface area contributed by atoms with E-state index in [9.17, 15) is 0 Å². The van der Waals surface area contributed by atoms with Crippen molar-refractivity contribution in [1.29, 1.82) is 0 Å². The van der Waals surface area contributed by atoms with Crippen molar-refractivity contribution >= 4 is 8.80 Å². The van der Waals surface area contributed by atoms with Gasteiger partial charge >= 0.3 is 8.80 Å². The van der Waals surface area contributed by atoms with Gasteiger partial charge in [0.25, 0.3) is 0 Å². The maximum absolute atomic E-state index is 6.10. The molecule has 0 aliphatic carbocycles. The van der Waals surface area contributed by atoms with Gasteiger partial charge in [-0.15, -0.1) is 0 Å². The third-order valence-electron chi connectivity index (χ3n) is 2.87. The first-order chi connectivity index (χ1) is 8.44. The van der Waals surface area contributed by atoms with E-state index in [-0.39, 0.29) is 12.1 Å². The minimum atomic E-state index is -2.91. The summed E-state index contributed by atoms with van der Waals surface area (Å²) in [6.07, 6.45) is 0.705. The Morgan fingerprint density at radius 1 is 0.944 bits per heavy atom. The first-order valence-electron chi connectivity index (χ1n) is 6.63. The van der Waals surface area contributed by atoms with Gasteiger partial charge in [0.15, 0.2) is 0 Å². The topological polar surface area (TPSA) is 106 Å². The summed E-state index contributed by atoms with van der Waals surface area (Å²) in [5, 5.41) is 0. The van der Waals surface area contributed by atoms with Crippen LogP contribution in [0.3, 0.4) is 0 Å². The van der Waals surface area contributed by atoms with Crippen LogP contribution < -0.4 is 17.2 Å². The highest BCUT2D eigenvalue weighted by molar-refractivity contribution is 6.62. The van der Waals surface area contributed by atoms with E-state index in [0.29, 0.717) is 26.2 Å². The van der Waals surface area contributed by atoms with Crippen molar-refractivity contribution in [3.05, 3.63) is 0 Å². The summed E-state index contributed by atoms with van der Waals surface area (Å²) < 4.78 is 17.5.